The third-order valence-corrected chi connectivity index (χ3v) is 2.55. The first kappa shape index (κ1) is 13.5. The van der Waals surface area contributed by atoms with Crippen molar-refractivity contribution in [1.82, 2.24) is 9.80 Å². The van der Waals surface area contributed by atoms with Crippen LogP contribution in [-0.4, -0.2) is 60.9 Å². The molecule has 6 heteroatoms. The Morgan fingerprint density at radius 3 is 3.06 bits per heavy atom. The van der Waals surface area contributed by atoms with Crippen LogP contribution in [0.3, 0.4) is 0 Å². The summed E-state index contributed by atoms with van der Waals surface area (Å²) < 4.78 is 4.56. The maximum atomic E-state index is 11.0. The highest BCUT2D eigenvalue weighted by molar-refractivity contribution is 5.71. The zero-order valence-electron chi connectivity index (χ0n) is 10.2. The molecule has 1 aliphatic rings. The molecule has 0 radical (unpaired) electrons. The Hall–Kier alpha value is -1.53. The highest BCUT2D eigenvalue weighted by Crippen LogP contribution is 2.09. The van der Waals surface area contributed by atoms with Crippen LogP contribution in [0.4, 0.5) is 0 Å². The fraction of sp³-hybridized carbons (Fsp3) is 0.545. The van der Waals surface area contributed by atoms with Crippen molar-refractivity contribution in [2.24, 2.45) is 5.73 Å². The number of nitrogens with two attached hydrogens (primary N) is 1. The van der Waals surface area contributed by atoms with Gasteiger partial charge in [0, 0.05) is 19.3 Å². The summed E-state index contributed by atoms with van der Waals surface area (Å²) in [6.45, 7) is 1.44. The van der Waals surface area contributed by atoms with Crippen molar-refractivity contribution in [2.45, 2.75) is 6.23 Å². The number of likely N-dealkylation sites (N-methyl/N-ethyl adjacent to an activating group) is 1. The van der Waals surface area contributed by atoms with Crippen LogP contribution < -0.4 is 5.73 Å². The second kappa shape index (κ2) is 6.27. The molecular weight excluding hydrogens is 222 g/mol. The van der Waals surface area contributed by atoms with E-state index in [4.69, 9.17) is 5.73 Å². The van der Waals surface area contributed by atoms with Crippen molar-refractivity contribution in [3.05, 3.63) is 24.0 Å². The minimum Gasteiger partial charge on any atom is -0.468 e. The van der Waals surface area contributed by atoms with Gasteiger partial charge < -0.3 is 20.5 Å². The average molecular weight is 241 g/mol. The third-order valence-electron chi connectivity index (χ3n) is 2.55. The lowest BCUT2D eigenvalue weighted by Crippen LogP contribution is -2.41. The number of hydrogen-bond donors (Lipinski definition) is 2. The second-order valence-electron chi connectivity index (χ2n) is 3.93. The standard InChI is InChI=1S/C11H19N3O3/c1-13(8-10(15)17-2)6-7-14-5-3-4-9(12)11(14)16/h3-5,11,16H,6-8,12H2,1-2H3. The summed E-state index contributed by atoms with van der Waals surface area (Å²) in [7, 11) is 3.18. The molecule has 1 aliphatic heterocycles. The highest BCUT2D eigenvalue weighted by atomic mass is 16.5. The van der Waals surface area contributed by atoms with Gasteiger partial charge in [-0.1, -0.05) is 0 Å². The number of carbonyl (C=O) groups is 1. The number of carbonyl (C=O) groups excluding carboxylic acids is 1. The summed E-state index contributed by atoms with van der Waals surface area (Å²) in [6.07, 6.45) is 4.43. The highest BCUT2D eigenvalue weighted by Gasteiger charge is 2.17. The van der Waals surface area contributed by atoms with E-state index in [0.29, 0.717) is 18.8 Å². The van der Waals surface area contributed by atoms with E-state index >= 15 is 0 Å². The van der Waals surface area contributed by atoms with E-state index in [-0.39, 0.29) is 12.5 Å². The number of allylic oxidation sites excluding steroid dienone is 2. The SMILES string of the molecule is COC(=O)CN(C)CCN1C=CC=C(N)C1O. The fourth-order valence-corrected chi connectivity index (χ4v) is 1.47. The van der Waals surface area contributed by atoms with Crippen molar-refractivity contribution in [3.63, 3.8) is 0 Å². The normalized spacial score (nSPS) is 19.4. The Kier molecular flexibility index (Phi) is 4.99. The first-order chi connectivity index (χ1) is 8.04. The van der Waals surface area contributed by atoms with Crippen LogP contribution in [0.5, 0.6) is 0 Å². The van der Waals surface area contributed by atoms with E-state index in [1.54, 1.807) is 23.3 Å². The Morgan fingerprint density at radius 1 is 1.71 bits per heavy atom. The predicted octanol–water partition coefficient (Wildman–Crippen LogP) is -0.918. The molecule has 96 valence electrons. The average Bonchev–Trinajstić information content (AvgIpc) is 2.31. The van der Waals surface area contributed by atoms with Crippen LogP contribution in [0.15, 0.2) is 24.0 Å². The van der Waals surface area contributed by atoms with Crippen LogP contribution in [-0.2, 0) is 9.53 Å². The molecule has 1 heterocycles. The van der Waals surface area contributed by atoms with Gasteiger partial charge in [-0.05, 0) is 19.2 Å². The maximum Gasteiger partial charge on any atom is 0.319 e. The van der Waals surface area contributed by atoms with Gasteiger partial charge in [0.05, 0.1) is 19.4 Å². The van der Waals surface area contributed by atoms with Gasteiger partial charge in [-0.25, -0.2) is 0 Å². The number of rotatable bonds is 5. The summed E-state index contributed by atoms with van der Waals surface area (Å²) in [5.74, 6) is -0.276. The quantitative estimate of drug-likeness (QED) is 0.606. The summed E-state index contributed by atoms with van der Waals surface area (Å²) >= 11 is 0. The minimum absolute atomic E-state index is 0.232. The first-order valence-corrected chi connectivity index (χ1v) is 5.37. The number of aliphatic hydroxyl groups excluding tert-OH is 1. The molecule has 0 aliphatic carbocycles. The zero-order chi connectivity index (χ0) is 12.8. The molecule has 0 bridgehead atoms. The van der Waals surface area contributed by atoms with Crippen molar-refractivity contribution >= 4 is 5.97 Å². The molecule has 0 spiro atoms. The number of nitrogens with zero attached hydrogens (tertiary/aromatic N) is 2. The smallest absolute Gasteiger partial charge is 0.319 e. The van der Waals surface area contributed by atoms with Crippen molar-refractivity contribution in [2.75, 3.05) is 33.8 Å². The number of methoxy groups -OCH3 is 1. The van der Waals surface area contributed by atoms with Gasteiger partial charge in [0.2, 0.25) is 0 Å². The van der Waals surface area contributed by atoms with Gasteiger partial charge in [-0.3, -0.25) is 9.69 Å². The molecule has 0 fully saturated rings. The van der Waals surface area contributed by atoms with Gasteiger partial charge >= 0.3 is 5.97 Å². The van der Waals surface area contributed by atoms with Gasteiger partial charge in [0.15, 0.2) is 6.23 Å². The molecule has 17 heavy (non-hydrogen) atoms. The summed E-state index contributed by atoms with van der Waals surface area (Å²) in [6, 6.07) is 0. The number of ether oxygens (including phenoxy) is 1. The molecular formula is C11H19N3O3. The third kappa shape index (κ3) is 4.08. The monoisotopic (exact) mass is 241 g/mol. The van der Waals surface area contributed by atoms with E-state index in [0.717, 1.165) is 0 Å². The van der Waals surface area contributed by atoms with E-state index < -0.39 is 6.23 Å². The van der Waals surface area contributed by atoms with Gasteiger partial charge in [0.25, 0.3) is 0 Å². The summed E-state index contributed by atoms with van der Waals surface area (Å²) in [4.78, 5) is 14.6. The Morgan fingerprint density at radius 2 is 2.41 bits per heavy atom. The molecule has 0 saturated carbocycles. The molecule has 0 aromatic rings. The van der Waals surface area contributed by atoms with Crippen LogP contribution in [0.25, 0.3) is 0 Å². The molecule has 1 rings (SSSR count). The zero-order valence-corrected chi connectivity index (χ0v) is 10.2. The topological polar surface area (TPSA) is 79.0 Å². The van der Waals surface area contributed by atoms with Gasteiger partial charge in [-0.15, -0.1) is 0 Å². The molecule has 0 aromatic carbocycles. The molecule has 0 aromatic heterocycles. The van der Waals surface area contributed by atoms with Crippen LogP contribution in [0, 0.1) is 0 Å². The van der Waals surface area contributed by atoms with Gasteiger partial charge in [0.1, 0.15) is 0 Å². The lowest BCUT2D eigenvalue weighted by molar-refractivity contribution is -0.141. The number of hydrogen-bond acceptors (Lipinski definition) is 6. The van der Waals surface area contributed by atoms with Crippen molar-refractivity contribution < 1.29 is 14.6 Å². The van der Waals surface area contributed by atoms with E-state index in [1.807, 2.05) is 11.9 Å². The Labute approximate surface area is 101 Å². The maximum absolute atomic E-state index is 11.0. The van der Waals surface area contributed by atoms with Crippen LogP contribution in [0.2, 0.25) is 0 Å². The molecule has 1 unspecified atom stereocenters. The largest absolute Gasteiger partial charge is 0.468 e. The molecule has 6 nitrogen and oxygen atoms in total. The fourth-order valence-electron chi connectivity index (χ4n) is 1.47. The molecule has 0 amide bonds. The van der Waals surface area contributed by atoms with Crippen molar-refractivity contribution in [1.29, 1.82) is 0 Å². The molecule has 0 saturated heterocycles. The lowest BCUT2D eigenvalue weighted by atomic mass is 10.2. The first-order valence-electron chi connectivity index (χ1n) is 5.37. The van der Waals surface area contributed by atoms with Crippen LogP contribution >= 0.6 is 0 Å². The van der Waals surface area contributed by atoms with E-state index in [2.05, 4.69) is 4.74 Å². The number of aliphatic hydroxyl groups is 1. The van der Waals surface area contributed by atoms with E-state index in [1.165, 1.54) is 7.11 Å². The Bertz CT molecular complexity index is 328. The van der Waals surface area contributed by atoms with Gasteiger partial charge in [-0.2, -0.15) is 0 Å². The van der Waals surface area contributed by atoms with Crippen LogP contribution in [0.1, 0.15) is 0 Å². The summed E-state index contributed by atoms with van der Waals surface area (Å²) in [5.41, 5.74) is 6.03. The van der Waals surface area contributed by atoms with Crippen molar-refractivity contribution in [3.8, 4) is 0 Å². The lowest BCUT2D eigenvalue weighted by Gasteiger charge is -2.30. The molecule has 1 atom stereocenters. The predicted molar refractivity (Wildman–Crippen MR) is 63.6 cm³/mol. The summed E-state index contributed by atoms with van der Waals surface area (Å²) in [5, 5.41) is 9.75. The van der Waals surface area contributed by atoms with E-state index in [9.17, 15) is 9.90 Å². The Balaban J connectivity index is 2.34. The molecule has 3 N–H and O–H groups in total. The minimum atomic E-state index is -0.786. The second-order valence-corrected chi connectivity index (χ2v) is 3.93. The number of esters is 1.